The summed E-state index contributed by atoms with van der Waals surface area (Å²) >= 11 is 0. The minimum atomic E-state index is -0.0400. The minimum absolute atomic E-state index is 0.0400. The molecule has 0 saturated carbocycles. The van der Waals surface area contributed by atoms with E-state index in [1.165, 1.54) is 0 Å². The first-order valence-electron chi connectivity index (χ1n) is 5.36. The molecule has 0 aliphatic rings. The summed E-state index contributed by atoms with van der Waals surface area (Å²) in [5, 5.41) is 0.853. The monoisotopic (exact) mass is 229 g/mol. The molecule has 0 radical (unpaired) electrons. The van der Waals surface area contributed by atoms with Crippen molar-refractivity contribution in [3.8, 4) is 0 Å². The van der Waals surface area contributed by atoms with Crippen LogP contribution in [0.25, 0.3) is 10.9 Å². The van der Waals surface area contributed by atoms with Gasteiger partial charge in [0.05, 0.1) is 5.56 Å². The maximum absolute atomic E-state index is 12.1. The maximum atomic E-state index is 12.1. The summed E-state index contributed by atoms with van der Waals surface area (Å²) in [5.74, 6) is -0.0400. The Bertz CT molecular complexity index is 571. The van der Waals surface area contributed by atoms with Crippen molar-refractivity contribution in [2.75, 3.05) is 19.3 Å². The first-order valence-corrected chi connectivity index (χ1v) is 5.36. The molecule has 4 heteroatoms. The van der Waals surface area contributed by atoms with E-state index in [0.29, 0.717) is 17.8 Å². The van der Waals surface area contributed by atoms with E-state index in [1.807, 2.05) is 6.07 Å². The van der Waals surface area contributed by atoms with Crippen molar-refractivity contribution in [2.24, 2.45) is 0 Å². The summed E-state index contributed by atoms with van der Waals surface area (Å²) in [6.45, 7) is 4.14. The first-order chi connectivity index (χ1) is 8.13. The molecule has 0 atom stereocenters. The van der Waals surface area contributed by atoms with Crippen LogP contribution >= 0.6 is 0 Å². The summed E-state index contributed by atoms with van der Waals surface area (Å²) < 4.78 is 0. The topological polar surface area (TPSA) is 62.1 Å². The van der Waals surface area contributed by atoms with Crippen LogP contribution in [0, 0.1) is 0 Å². The van der Waals surface area contributed by atoms with Gasteiger partial charge < -0.3 is 15.6 Å². The summed E-state index contributed by atoms with van der Waals surface area (Å²) in [6.07, 6.45) is 3.41. The van der Waals surface area contributed by atoms with Crippen LogP contribution in [-0.4, -0.2) is 29.4 Å². The third-order valence-electron chi connectivity index (χ3n) is 2.69. The number of nitrogens with two attached hydrogens (primary N) is 1. The molecule has 0 spiro atoms. The van der Waals surface area contributed by atoms with E-state index in [-0.39, 0.29) is 5.91 Å². The molecule has 17 heavy (non-hydrogen) atoms. The van der Waals surface area contributed by atoms with Crippen LogP contribution in [-0.2, 0) is 0 Å². The number of carbonyl (C=O) groups is 1. The Morgan fingerprint density at radius 3 is 3.06 bits per heavy atom. The number of aromatic nitrogens is 1. The molecule has 2 aromatic rings. The fourth-order valence-electron chi connectivity index (χ4n) is 1.80. The number of anilines is 1. The maximum Gasteiger partial charge on any atom is 0.256 e. The Balaban J connectivity index is 2.45. The first kappa shape index (κ1) is 11.3. The number of benzene rings is 1. The lowest BCUT2D eigenvalue weighted by molar-refractivity contribution is 0.0812. The number of rotatable bonds is 3. The van der Waals surface area contributed by atoms with Gasteiger partial charge in [0.1, 0.15) is 0 Å². The fourth-order valence-corrected chi connectivity index (χ4v) is 1.80. The van der Waals surface area contributed by atoms with Gasteiger partial charge in [-0.15, -0.1) is 6.58 Å². The number of amides is 1. The van der Waals surface area contributed by atoms with Gasteiger partial charge in [-0.1, -0.05) is 6.08 Å². The highest BCUT2D eigenvalue weighted by Crippen LogP contribution is 2.21. The standard InChI is InChI=1S/C13H15N3O/c1-3-6-16(2)13(17)11-8-15-12-5-4-9(14)7-10(11)12/h3-5,7-8,15H,1,6,14H2,2H3. The van der Waals surface area contributed by atoms with Gasteiger partial charge in [0, 0.05) is 36.4 Å². The third-order valence-corrected chi connectivity index (χ3v) is 2.69. The van der Waals surface area contributed by atoms with Gasteiger partial charge in [0.25, 0.3) is 5.91 Å². The van der Waals surface area contributed by atoms with Crippen molar-refractivity contribution in [1.82, 2.24) is 9.88 Å². The van der Waals surface area contributed by atoms with Gasteiger partial charge in [-0.25, -0.2) is 0 Å². The Morgan fingerprint density at radius 1 is 1.59 bits per heavy atom. The van der Waals surface area contributed by atoms with E-state index < -0.39 is 0 Å². The van der Waals surface area contributed by atoms with Crippen LogP contribution in [0.15, 0.2) is 37.1 Å². The number of nitrogen functional groups attached to an aromatic ring is 1. The van der Waals surface area contributed by atoms with E-state index >= 15 is 0 Å². The van der Waals surface area contributed by atoms with Crippen LogP contribution in [0.5, 0.6) is 0 Å². The van der Waals surface area contributed by atoms with Crippen molar-refractivity contribution in [1.29, 1.82) is 0 Å². The van der Waals surface area contributed by atoms with Gasteiger partial charge in [-0.05, 0) is 18.2 Å². The molecule has 1 heterocycles. The Labute approximate surface area is 99.7 Å². The van der Waals surface area contributed by atoms with Crippen LogP contribution in [0.1, 0.15) is 10.4 Å². The lowest BCUT2D eigenvalue weighted by Crippen LogP contribution is -2.26. The highest BCUT2D eigenvalue weighted by atomic mass is 16.2. The Hall–Kier alpha value is -2.23. The number of likely N-dealkylation sites (N-methyl/N-ethyl adjacent to an activating group) is 1. The average molecular weight is 229 g/mol. The number of nitrogens with zero attached hydrogens (tertiary/aromatic N) is 1. The highest BCUT2D eigenvalue weighted by Gasteiger charge is 2.15. The van der Waals surface area contributed by atoms with Crippen LogP contribution in [0.3, 0.4) is 0 Å². The number of hydrogen-bond acceptors (Lipinski definition) is 2. The molecule has 0 bridgehead atoms. The molecule has 0 aliphatic carbocycles. The smallest absolute Gasteiger partial charge is 0.256 e. The van der Waals surface area contributed by atoms with E-state index in [1.54, 1.807) is 36.4 Å². The Morgan fingerprint density at radius 2 is 2.35 bits per heavy atom. The van der Waals surface area contributed by atoms with E-state index in [0.717, 1.165) is 10.9 Å². The molecule has 0 saturated heterocycles. The molecule has 0 fully saturated rings. The minimum Gasteiger partial charge on any atom is -0.399 e. The van der Waals surface area contributed by atoms with Gasteiger partial charge in [-0.3, -0.25) is 4.79 Å². The van der Waals surface area contributed by atoms with E-state index in [2.05, 4.69) is 11.6 Å². The summed E-state index contributed by atoms with van der Waals surface area (Å²) in [4.78, 5) is 16.8. The fraction of sp³-hybridized carbons (Fsp3) is 0.154. The number of carbonyl (C=O) groups excluding carboxylic acids is 1. The zero-order chi connectivity index (χ0) is 12.4. The molecular formula is C13H15N3O. The van der Waals surface area contributed by atoms with Gasteiger partial charge >= 0.3 is 0 Å². The van der Waals surface area contributed by atoms with Crippen molar-refractivity contribution in [2.45, 2.75) is 0 Å². The van der Waals surface area contributed by atoms with Crippen molar-refractivity contribution >= 4 is 22.5 Å². The summed E-state index contributed by atoms with van der Waals surface area (Å²) in [5.41, 5.74) is 7.93. The van der Waals surface area contributed by atoms with Gasteiger partial charge in [0.2, 0.25) is 0 Å². The van der Waals surface area contributed by atoms with Crippen LogP contribution in [0.4, 0.5) is 5.69 Å². The molecule has 0 unspecified atom stereocenters. The molecule has 88 valence electrons. The molecule has 4 nitrogen and oxygen atoms in total. The number of H-pyrrole nitrogens is 1. The third kappa shape index (κ3) is 2.01. The molecule has 1 aromatic heterocycles. The molecular weight excluding hydrogens is 214 g/mol. The largest absolute Gasteiger partial charge is 0.399 e. The molecule has 0 aliphatic heterocycles. The van der Waals surface area contributed by atoms with Gasteiger partial charge in [-0.2, -0.15) is 0 Å². The normalized spacial score (nSPS) is 10.4. The van der Waals surface area contributed by atoms with Crippen LogP contribution < -0.4 is 5.73 Å². The van der Waals surface area contributed by atoms with Crippen molar-refractivity contribution in [3.63, 3.8) is 0 Å². The van der Waals surface area contributed by atoms with E-state index in [9.17, 15) is 4.79 Å². The molecule has 2 rings (SSSR count). The number of hydrogen-bond donors (Lipinski definition) is 2. The number of nitrogens with one attached hydrogen (secondary N) is 1. The molecule has 1 aromatic carbocycles. The molecule has 1 amide bonds. The summed E-state index contributed by atoms with van der Waals surface area (Å²) in [7, 11) is 1.75. The SMILES string of the molecule is C=CCN(C)C(=O)c1c[nH]c2ccc(N)cc12. The lowest BCUT2D eigenvalue weighted by atomic mass is 10.1. The quantitative estimate of drug-likeness (QED) is 0.624. The van der Waals surface area contributed by atoms with Gasteiger partial charge in [0.15, 0.2) is 0 Å². The predicted molar refractivity (Wildman–Crippen MR) is 69.9 cm³/mol. The summed E-state index contributed by atoms with van der Waals surface area (Å²) in [6, 6.07) is 5.48. The molecule has 3 N–H and O–H groups in total. The predicted octanol–water partition coefficient (Wildman–Crippen LogP) is 2.01. The number of fused-ring (bicyclic) bond motifs is 1. The lowest BCUT2D eigenvalue weighted by Gasteiger charge is -2.13. The average Bonchev–Trinajstić information content (AvgIpc) is 2.71. The highest BCUT2D eigenvalue weighted by molar-refractivity contribution is 6.07. The zero-order valence-electron chi connectivity index (χ0n) is 9.73. The second kappa shape index (κ2) is 4.33. The Kier molecular flexibility index (Phi) is 2.87. The van der Waals surface area contributed by atoms with Crippen LogP contribution in [0.2, 0.25) is 0 Å². The number of aromatic amines is 1. The van der Waals surface area contributed by atoms with E-state index in [4.69, 9.17) is 5.73 Å². The van der Waals surface area contributed by atoms with Crippen molar-refractivity contribution < 1.29 is 4.79 Å². The van der Waals surface area contributed by atoms with Crippen molar-refractivity contribution in [3.05, 3.63) is 42.6 Å². The zero-order valence-corrected chi connectivity index (χ0v) is 9.73. The second-order valence-electron chi connectivity index (χ2n) is 3.98. The second-order valence-corrected chi connectivity index (χ2v) is 3.98.